The summed E-state index contributed by atoms with van der Waals surface area (Å²) in [5.74, 6) is 0.769. The van der Waals surface area contributed by atoms with Crippen LogP contribution in [-0.2, 0) is 9.53 Å². The minimum atomic E-state index is -0.467. The van der Waals surface area contributed by atoms with Crippen molar-refractivity contribution in [1.29, 1.82) is 0 Å². The molecule has 0 fully saturated rings. The Morgan fingerprint density at radius 2 is 2.04 bits per heavy atom. The first kappa shape index (κ1) is 17.2. The smallest absolute Gasteiger partial charge is 0.330 e. The third-order valence-corrected chi connectivity index (χ3v) is 3.73. The summed E-state index contributed by atoms with van der Waals surface area (Å²) in [7, 11) is 1.60. The van der Waals surface area contributed by atoms with Crippen LogP contribution in [0.4, 0.5) is 0 Å². The van der Waals surface area contributed by atoms with Crippen LogP contribution in [0.15, 0.2) is 43.0 Å². The molecule has 5 heteroatoms. The number of benzene rings is 2. The predicted molar refractivity (Wildman–Crippen MR) is 91.4 cm³/mol. The maximum Gasteiger partial charge on any atom is 0.330 e. The van der Waals surface area contributed by atoms with Crippen molar-refractivity contribution in [3.63, 3.8) is 0 Å². The first-order valence-electron chi connectivity index (χ1n) is 7.31. The fourth-order valence-corrected chi connectivity index (χ4v) is 2.48. The summed E-state index contributed by atoms with van der Waals surface area (Å²) in [6, 6.07) is 9.39. The van der Waals surface area contributed by atoms with E-state index in [1.54, 1.807) is 13.2 Å². The molecule has 23 heavy (non-hydrogen) atoms. The van der Waals surface area contributed by atoms with Gasteiger partial charge < -0.3 is 14.2 Å². The van der Waals surface area contributed by atoms with Gasteiger partial charge in [0.25, 0.3) is 0 Å². The van der Waals surface area contributed by atoms with Gasteiger partial charge >= 0.3 is 5.97 Å². The molecular formula is C18H19ClO4. The number of rotatable bonds is 7. The summed E-state index contributed by atoms with van der Waals surface area (Å²) < 4.78 is 16.4. The number of halogens is 1. The second-order valence-corrected chi connectivity index (χ2v) is 5.32. The van der Waals surface area contributed by atoms with Gasteiger partial charge in [-0.2, -0.15) is 0 Å². The Morgan fingerprint density at radius 3 is 2.65 bits per heavy atom. The molecule has 0 spiro atoms. The number of methoxy groups -OCH3 is 1. The summed E-state index contributed by atoms with van der Waals surface area (Å²) in [5, 5.41) is 2.21. The normalized spacial score (nSPS) is 11.8. The summed E-state index contributed by atoms with van der Waals surface area (Å²) in [6.45, 7) is 5.52. The standard InChI is InChI=1S/C18H19ClO4/c1-4-12(23-17(20)5-2)11-22-18-14-9-7-6-8-13(14)16(21-3)10-15(18)19/h5-10,12H,2,4,11H2,1,3H3. The van der Waals surface area contributed by atoms with Crippen LogP contribution in [0, 0.1) is 0 Å². The fraction of sp³-hybridized carbons (Fsp3) is 0.278. The average molecular weight is 335 g/mol. The lowest BCUT2D eigenvalue weighted by molar-refractivity contribution is -0.144. The number of esters is 1. The molecule has 2 aromatic rings. The van der Waals surface area contributed by atoms with Gasteiger partial charge in [-0.1, -0.05) is 49.4 Å². The zero-order chi connectivity index (χ0) is 16.8. The topological polar surface area (TPSA) is 44.8 Å². The Morgan fingerprint density at radius 1 is 1.35 bits per heavy atom. The maximum atomic E-state index is 11.3. The molecule has 0 aliphatic rings. The van der Waals surface area contributed by atoms with Crippen LogP contribution in [0.25, 0.3) is 10.8 Å². The highest BCUT2D eigenvalue weighted by Gasteiger charge is 2.16. The van der Waals surface area contributed by atoms with Crippen LogP contribution in [0.1, 0.15) is 13.3 Å². The molecule has 122 valence electrons. The molecule has 0 aromatic heterocycles. The number of carbonyl (C=O) groups excluding carboxylic acids is 1. The zero-order valence-electron chi connectivity index (χ0n) is 13.2. The fourth-order valence-electron chi connectivity index (χ4n) is 2.22. The van der Waals surface area contributed by atoms with Gasteiger partial charge in [-0.05, 0) is 6.42 Å². The largest absolute Gasteiger partial charge is 0.496 e. The van der Waals surface area contributed by atoms with Crippen molar-refractivity contribution >= 4 is 28.3 Å². The molecule has 0 heterocycles. The Balaban J connectivity index is 2.27. The van der Waals surface area contributed by atoms with Gasteiger partial charge in [0, 0.05) is 22.9 Å². The van der Waals surface area contributed by atoms with Gasteiger partial charge in [0.15, 0.2) is 0 Å². The SMILES string of the molecule is C=CC(=O)OC(CC)COc1c(Cl)cc(OC)c2ccccc12. The quantitative estimate of drug-likeness (QED) is 0.556. The van der Waals surface area contributed by atoms with Gasteiger partial charge in [0.1, 0.15) is 24.2 Å². The van der Waals surface area contributed by atoms with Crippen molar-refractivity contribution in [2.24, 2.45) is 0 Å². The van der Waals surface area contributed by atoms with Gasteiger partial charge in [-0.3, -0.25) is 0 Å². The number of ether oxygens (including phenoxy) is 3. The van der Waals surface area contributed by atoms with E-state index in [-0.39, 0.29) is 12.7 Å². The van der Waals surface area contributed by atoms with E-state index < -0.39 is 5.97 Å². The molecule has 0 amide bonds. The van der Waals surface area contributed by atoms with Crippen molar-refractivity contribution in [2.75, 3.05) is 13.7 Å². The van der Waals surface area contributed by atoms with Crippen molar-refractivity contribution in [2.45, 2.75) is 19.4 Å². The van der Waals surface area contributed by atoms with Gasteiger partial charge in [-0.15, -0.1) is 0 Å². The van der Waals surface area contributed by atoms with Gasteiger partial charge in [0.2, 0.25) is 0 Å². The van der Waals surface area contributed by atoms with Gasteiger partial charge in [0.05, 0.1) is 12.1 Å². The number of carbonyl (C=O) groups is 1. The van der Waals surface area contributed by atoms with Crippen molar-refractivity contribution < 1.29 is 19.0 Å². The number of hydrogen-bond acceptors (Lipinski definition) is 4. The number of hydrogen-bond donors (Lipinski definition) is 0. The van der Waals surface area contributed by atoms with Crippen LogP contribution >= 0.6 is 11.6 Å². The molecule has 1 atom stereocenters. The second-order valence-electron chi connectivity index (χ2n) is 4.92. The summed E-state index contributed by atoms with van der Waals surface area (Å²) in [6.07, 6.45) is 1.40. The first-order valence-corrected chi connectivity index (χ1v) is 7.69. The van der Waals surface area contributed by atoms with Crippen molar-refractivity contribution in [3.05, 3.63) is 48.0 Å². The molecule has 0 radical (unpaired) electrons. The van der Waals surface area contributed by atoms with E-state index >= 15 is 0 Å². The van der Waals surface area contributed by atoms with E-state index in [1.807, 2.05) is 31.2 Å². The first-order chi connectivity index (χ1) is 11.1. The highest BCUT2D eigenvalue weighted by Crippen LogP contribution is 2.39. The Labute approximate surface area is 140 Å². The Bertz CT molecular complexity index is 711. The van der Waals surface area contributed by atoms with E-state index in [9.17, 15) is 4.79 Å². The van der Waals surface area contributed by atoms with Crippen LogP contribution in [0.2, 0.25) is 5.02 Å². The highest BCUT2D eigenvalue weighted by atomic mass is 35.5. The summed E-state index contributed by atoms with van der Waals surface area (Å²) >= 11 is 6.32. The highest BCUT2D eigenvalue weighted by molar-refractivity contribution is 6.33. The zero-order valence-corrected chi connectivity index (χ0v) is 13.9. The third kappa shape index (κ3) is 3.96. The minimum absolute atomic E-state index is 0.214. The van der Waals surface area contributed by atoms with Crippen LogP contribution in [-0.4, -0.2) is 25.8 Å². The van der Waals surface area contributed by atoms with E-state index in [4.69, 9.17) is 25.8 Å². The lowest BCUT2D eigenvalue weighted by Crippen LogP contribution is -2.23. The van der Waals surface area contributed by atoms with E-state index in [0.717, 1.165) is 16.8 Å². The molecule has 2 aromatic carbocycles. The maximum absolute atomic E-state index is 11.3. The molecule has 0 aliphatic heterocycles. The lowest BCUT2D eigenvalue weighted by atomic mass is 10.1. The molecule has 0 saturated heterocycles. The Kier molecular flexibility index (Phi) is 5.88. The van der Waals surface area contributed by atoms with E-state index in [1.165, 1.54) is 0 Å². The molecule has 0 saturated carbocycles. The van der Waals surface area contributed by atoms with Crippen LogP contribution in [0.5, 0.6) is 11.5 Å². The lowest BCUT2D eigenvalue weighted by Gasteiger charge is -2.18. The molecular weight excluding hydrogens is 316 g/mol. The van der Waals surface area contributed by atoms with E-state index in [2.05, 4.69) is 6.58 Å². The minimum Gasteiger partial charge on any atom is -0.496 e. The molecule has 2 rings (SSSR count). The summed E-state index contributed by atoms with van der Waals surface area (Å²) in [5.41, 5.74) is 0. The molecule has 4 nitrogen and oxygen atoms in total. The summed E-state index contributed by atoms with van der Waals surface area (Å²) in [4.78, 5) is 11.3. The van der Waals surface area contributed by atoms with Crippen molar-refractivity contribution in [3.8, 4) is 11.5 Å². The molecule has 0 aliphatic carbocycles. The second kappa shape index (κ2) is 7.88. The van der Waals surface area contributed by atoms with Crippen LogP contribution < -0.4 is 9.47 Å². The number of fused-ring (bicyclic) bond motifs is 1. The van der Waals surface area contributed by atoms with E-state index in [0.29, 0.717) is 22.9 Å². The molecule has 1 unspecified atom stereocenters. The molecule has 0 bridgehead atoms. The van der Waals surface area contributed by atoms with Gasteiger partial charge in [-0.25, -0.2) is 4.79 Å². The monoisotopic (exact) mass is 334 g/mol. The predicted octanol–water partition coefficient (Wildman–Crippen LogP) is 4.39. The van der Waals surface area contributed by atoms with Crippen molar-refractivity contribution in [1.82, 2.24) is 0 Å². The third-order valence-electron chi connectivity index (χ3n) is 3.45. The molecule has 0 N–H and O–H groups in total. The average Bonchev–Trinajstić information content (AvgIpc) is 2.58. The van der Waals surface area contributed by atoms with Crippen LogP contribution in [0.3, 0.4) is 0 Å². The Hall–Kier alpha value is -2.20.